The Morgan fingerprint density at radius 1 is 1.30 bits per heavy atom. The van der Waals surface area contributed by atoms with Crippen LogP contribution in [0.1, 0.15) is 17.0 Å². The molecular formula is C24H24N4O3S2. The molecule has 3 aliphatic heterocycles. The van der Waals surface area contributed by atoms with E-state index >= 15 is 0 Å². The molecule has 0 bridgehead atoms. The lowest BCUT2D eigenvalue weighted by Crippen LogP contribution is -2.62. The maximum atomic E-state index is 14.4. The third-order valence-electron chi connectivity index (χ3n) is 7.06. The third-order valence-corrected chi connectivity index (χ3v) is 9.00. The molecule has 9 heteroatoms. The van der Waals surface area contributed by atoms with Crippen molar-refractivity contribution in [2.75, 3.05) is 39.2 Å². The number of likely N-dealkylation sites (tertiary alicyclic amines) is 1. The van der Waals surface area contributed by atoms with Gasteiger partial charge in [-0.15, -0.1) is 6.58 Å². The van der Waals surface area contributed by atoms with Crippen molar-refractivity contribution in [3.63, 3.8) is 0 Å². The quantitative estimate of drug-likeness (QED) is 0.493. The fourth-order valence-corrected chi connectivity index (χ4v) is 7.82. The van der Waals surface area contributed by atoms with Crippen LogP contribution in [0.4, 0.5) is 5.69 Å². The van der Waals surface area contributed by atoms with E-state index in [2.05, 4.69) is 11.6 Å². The van der Waals surface area contributed by atoms with Crippen LogP contribution in [0.25, 0.3) is 0 Å². The molecule has 0 radical (unpaired) electrons. The van der Waals surface area contributed by atoms with E-state index < -0.39 is 10.3 Å². The Hall–Kier alpha value is -2.75. The lowest BCUT2D eigenvalue weighted by Gasteiger charge is -2.42. The highest BCUT2D eigenvalue weighted by atomic mass is 32.2. The highest BCUT2D eigenvalue weighted by Crippen LogP contribution is 2.66. The minimum atomic E-state index is -1.26. The number of pyridine rings is 1. The Morgan fingerprint density at radius 2 is 2.09 bits per heavy atom. The summed E-state index contributed by atoms with van der Waals surface area (Å²) in [6.45, 7) is 4.58. The summed E-state index contributed by atoms with van der Waals surface area (Å²) in [5, 5.41) is 0. The molecule has 1 aromatic carbocycles. The number of amides is 2. The molecule has 1 aromatic heterocycles. The largest absolute Gasteiger partial charge is 0.497 e. The molecule has 4 heterocycles. The van der Waals surface area contributed by atoms with Crippen LogP contribution >= 0.6 is 24.0 Å². The molecule has 0 N–H and O–H groups in total. The van der Waals surface area contributed by atoms with Gasteiger partial charge in [-0.1, -0.05) is 36.1 Å². The average molecular weight is 481 g/mol. The van der Waals surface area contributed by atoms with Crippen molar-refractivity contribution < 1.29 is 14.3 Å². The zero-order valence-corrected chi connectivity index (χ0v) is 20.3. The number of thiocarbonyl (C=S) groups is 1. The molecule has 2 saturated heterocycles. The van der Waals surface area contributed by atoms with Crippen molar-refractivity contribution in [2.24, 2.45) is 0 Å². The zero-order valence-electron chi connectivity index (χ0n) is 18.6. The number of carbonyl (C=O) groups excluding carboxylic acids is 2. The predicted molar refractivity (Wildman–Crippen MR) is 133 cm³/mol. The van der Waals surface area contributed by atoms with Crippen molar-refractivity contribution >= 4 is 45.8 Å². The number of fused-ring (bicyclic) bond motifs is 3. The SMILES string of the molecule is C=CCN1C(=O)[C@]2(SC1=S)[C@H](c1cccnc1)CN(C)[C@]21C(=O)N(C)c2ccc(OC)cc21. The minimum Gasteiger partial charge on any atom is -0.497 e. The first-order valence-electron chi connectivity index (χ1n) is 10.6. The standard InChI is InChI=1S/C24H24N4O3S2/c1-5-11-28-21(30)24(33-22(28)32)18(15-7-6-10-25-13-15)14-26(2)23(24)17-12-16(31-4)8-9-19(17)27(3)20(23)29/h5-10,12-13,18H,1,11,14H2,2-4H3/t18-,23+,24+/m0/s1. The number of nitrogens with zero attached hydrogens (tertiary/aromatic N) is 4. The summed E-state index contributed by atoms with van der Waals surface area (Å²) < 4.78 is 4.77. The predicted octanol–water partition coefficient (Wildman–Crippen LogP) is 2.78. The molecule has 2 amide bonds. The Morgan fingerprint density at radius 3 is 2.76 bits per heavy atom. The first-order chi connectivity index (χ1) is 15.8. The van der Waals surface area contributed by atoms with E-state index in [0.717, 1.165) is 16.8 Å². The van der Waals surface area contributed by atoms with Crippen molar-refractivity contribution in [3.8, 4) is 5.75 Å². The molecule has 7 nitrogen and oxygen atoms in total. The van der Waals surface area contributed by atoms with Crippen LogP contribution in [0.15, 0.2) is 55.4 Å². The van der Waals surface area contributed by atoms with Crippen molar-refractivity contribution in [1.29, 1.82) is 0 Å². The highest BCUT2D eigenvalue weighted by Gasteiger charge is 2.78. The van der Waals surface area contributed by atoms with Gasteiger partial charge in [-0.25, -0.2) is 0 Å². The molecule has 2 aromatic rings. The molecule has 3 aliphatic rings. The normalized spacial score (nSPS) is 28.9. The molecule has 0 unspecified atom stereocenters. The lowest BCUT2D eigenvalue weighted by molar-refractivity contribution is -0.138. The Bertz CT molecular complexity index is 1190. The second-order valence-corrected chi connectivity index (χ2v) is 10.4. The number of thioether (sulfide) groups is 1. The molecule has 3 atom stereocenters. The lowest BCUT2D eigenvalue weighted by atomic mass is 9.72. The van der Waals surface area contributed by atoms with Gasteiger partial charge in [0.2, 0.25) is 5.91 Å². The van der Waals surface area contributed by atoms with E-state index in [9.17, 15) is 9.59 Å². The van der Waals surface area contributed by atoms with Crippen LogP contribution in [0, 0.1) is 0 Å². The first kappa shape index (κ1) is 22.1. The number of aromatic nitrogens is 1. The van der Waals surface area contributed by atoms with Gasteiger partial charge >= 0.3 is 0 Å². The van der Waals surface area contributed by atoms with Gasteiger partial charge in [0.05, 0.1) is 7.11 Å². The first-order valence-corrected chi connectivity index (χ1v) is 11.8. The number of hydrogen-bond donors (Lipinski definition) is 0. The van der Waals surface area contributed by atoms with E-state index in [1.165, 1.54) is 11.8 Å². The average Bonchev–Trinajstić information content (AvgIpc) is 3.33. The summed E-state index contributed by atoms with van der Waals surface area (Å²) in [5.74, 6) is -0.00157. The van der Waals surface area contributed by atoms with E-state index in [1.54, 1.807) is 42.4 Å². The number of rotatable bonds is 4. The van der Waals surface area contributed by atoms with Crippen LogP contribution < -0.4 is 9.64 Å². The van der Waals surface area contributed by atoms with Crippen LogP contribution in [-0.4, -0.2) is 70.0 Å². The summed E-state index contributed by atoms with van der Waals surface area (Å²) in [6, 6.07) is 9.42. The Balaban J connectivity index is 1.84. The van der Waals surface area contributed by atoms with E-state index in [4.69, 9.17) is 17.0 Å². The van der Waals surface area contributed by atoms with Crippen molar-refractivity contribution in [2.45, 2.75) is 16.2 Å². The van der Waals surface area contributed by atoms with Crippen molar-refractivity contribution in [3.05, 3.63) is 66.5 Å². The summed E-state index contributed by atoms with van der Waals surface area (Å²) in [5.41, 5.74) is 1.17. The Kier molecular flexibility index (Phi) is 5.11. The van der Waals surface area contributed by atoms with E-state index in [-0.39, 0.29) is 17.7 Å². The van der Waals surface area contributed by atoms with Gasteiger partial charge in [0.15, 0.2) is 5.54 Å². The number of anilines is 1. The van der Waals surface area contributed by atoms with Crippen LogP contribution in [-0.2, 0) is 15.1 Å². The number of hydrogen-bond acceptors (Lipinski definition) is 7. The summed E-state index contributed by atoms with van der Waals surface area (Å²) in [6.07, 6.45) is 5.15. The molecule has 0 saturated carbocycles. The van der Waals surface area contributed by atoms with Crippen LogP contribution in [0.3, 0.4) is 0 Å². The van der Waals surface area contributed by atoms with Gasteiger partial charge in [0.25, 0.3) is 5.91 Å². The van der Waals surface area contributed by atoms with Gasteiger partial charge in [-0.05, 0) is 36.9 Å². The molecule has 0 aliphatic carbocycles. The van der Waals surface area contributed by atoms with Gasteiger partial charge in [-0.3, -0.25) is 24.4 Å². The fraction of sp³-hybridized carbons (Fsp3) is 0.333. The number of benzene rings is 1. The molecule has 2 spiro atoms. The second kappa shape index (κ2) is 7.65. The molecule has 33 heavy (non-hydrogen) atoms. The van der Waals surface area contributed by atoms with Gasteiger partial charge in [0, 0.05) is 49.7 Å². The monoisotopic (exact) mass is 480 g/mol. The highest BCUT2D eigenvalue weighted by molar-refractivity contribution is 8.25. The third kappa shape index (κ3) is 2.61. The molecule has 5 rings (SSSR count). The topological polar surface area (TPSA) is 66.0 Å². The molecule has 2 fully saturated rings. The number of likely N-dealkylation sites (N-methyl/N-ethyl adjacent to an activating group) is 2. The minimum absolute atomic E-state index is 0.149. The van der Waals surface area contributed by atoms with Crippen LogP contribution in [0.2, 0.25) is 0 Å². The van der Waals surface area contributed by atoms with Gasteiger partial charge in [-0.2, -0.15) is 0 Å². The van der Waals surface area contributed by atoms with Gasteiger partial charge < -0.3 is 9.64 Å². The number of ether oxygens (including phenoxy) is 1. The van der Waals surface area contributed by atoms with Crippen LogP contribution in [0.5, 0.6) is 5.75 Å². The maximum absolute atomic E-state index is 14.4. The smallest absolute Gasteiger partial charge is 0.254 e. The molecule has 170 valence electrons. The Labute approximate surface area is 202 Å². The van der Waals surface area contributed by atoms with Gasteiger partial charge in [0.1, 0.15) is 14.8 Å². The maximum Gasteiger partial charge on any atom is 0.254 e. The number of carbonyl (C=O) groups is 2. The second-order valence-electron chi connectivity index (χ2n) is 8.49. The summed E-state index contributed by atoms with van der Waals surface area (Å²) in [7, 11) is 5.26. The zero-order chi connectivity index (χ0) is 23.5. The summed E-state index contributed by atoms with van der Waals surface area (Å²) in [4.78, 5) is 38.1. The number of methoxy groups -OCH3 is 1. The van der Waals surface area contributed by atoms with Crippen molar-refractivity contribution in [1.82, 2.24) is 14.8 Å². The molecular weight excluding hydrogens is 456 g/mol. The fourth-order valence-electron chi connectivity index (χ4n) is 5.67. The summed E-state index contributed by atoms with van der Waals surface area (Å²) >= 11 is 7.02. The van der Waals surface area contributed by atoms with E-state index in [0.29, 0.717) is 23.2 Å². The van der Waals surface area contributed by atoms with E-state index in [1.807, 2.05) is 42.3 Å².